The fourth-order valence-electron chi connectivity index (χ4n) is 2.58. The average Bonchev–Trinajstić information content (AvgIpc) is 3.13. The van der Waals surface area contributed by atoms with Crippen molar-refractivity contribution >= 4 is 29.3 Å². The maximum absolute atomic E-state index is 11.7. The molecule has 150 valence electrons. The van der Waals surface area contributed by atoms with Crippen LogP contribution in [0.2, 0.25) is 5.02 Å². The number of carbonyl (C=O) groups excluding carboxylic acids is 1. The zero-order valence-electron chi connectivity index (χ0n) is 15.9. The smallest absolute Gasteiger partial charge is 0.337 e. The van der Waals surface area contributed by atoms with Crippen molar-refractivity contribution in [3.8, 4) is 5.75 Å². The molecule has 0 radical (unpaired) electrons. The molecule has 8 heteroatoms. The van der Waals surface area contributed by atoms with E-state index in [0.717, 1.165) is 10.7 Å². The van der Waals surface area contributed by atoms with Gasteiger partial charge in [-0.05, 0) is 42.0 Å². The first-order chi connectivity index (χ1) is 14.1. The third-order valence-electron chi connectivity index (χ3n) is 4.00. The summed E-state index contributed by atoms with van der Waals surface area (Å²) in [4.78, 5) is 11.7. The van der Waals surface area contributed by atoms with E-state index in [1.54, 1.807) is 36.4 Å². The number of thioether (sulfide) groups is 1. The number of nitrogens with zero attached hydrogens (tertiary/aromatic N) is 3. The van der Waals surface area contributed by atoms with E-state index in [1.807, 2.05) is 22.8 Å². The van der Waals surface area contributed by atoms with Crippen molar-refractivity contribution in [3.63, 3.8) is 0 Å². The molecule has 0 aliphatic carbocycles. The van der Waals surface area contributed by atoms with Gasteiger partial charge in [0.05, 0.1) is 12.7 Å². The van der Waals surface area contributed by atoms with Crippen LogP contribution in [0.1, 0.15) is 21.7 Å². The quantitative estimate of drug-likeness (QED) is 0.277. The number of aromatic nitrogens is 3. The van der Waals surface area contributed by atoms with Gasteiger partial charge in [-0.25, -0.2) is 4.79 Å². The van der Waals surface area contributed by atoms with Gasteiger partial charge in [0.25, 0.3) is 0 Å². The molecule has 2 aromatic carbocycles. The lowest BCUT2D eigenvalue weighted by Crippen LogP contribution is -2.07. The Bertz CT molecular complexity index is 989. The molecule has 6 nitrogen and oxygen atoms in total. The van der Waals surface area contributed by atoms with E-state index in [4.69, 9.17) is 21.1 Å². The van der Waals surface area contributed by atoms with Crippen LogP contribution in [-0.2, 0) is 23.6 Å². The Hall–Kier alpha value is -2.77. The summed E-state index contributed by atoms with van der Waals surface area (Å²) in [5.41, 5.74) is 1.51. The van der Waals surface area contributed by atoms with Gasteiger partial charge >= 0.3 is 5.97 Å². The van der Waals surface area contributed by atoms with Gasteiger partial charge in [0.1, 0.15) is 12.4 Å². The lowest BCUT2D eigenvalue weighted by Gasteiger charge is -2.09. The molecule has 0 unspecified atom stereocenters. The topological polar surface area (TPSA) is 66.2 Å². The molecule has 3 aromatic rings. The first-order valence-corrected chi connectivity index (χ1v) is 10.2. The highest BCUT2D eigenvalue weighted by atomic mass is 35.5. The standard InChI is InChI=1S/C21H20ClN3O3S/c1-3-11-25-19(13-28-18-9-7-17(22)8-10-18)23-24-21(25)29-14-15-5-4-6-16(12-15)20(26)27-2/h3-10,12H,1,11,13-14H2,2H3. The molecule has 1 heterocycles. The predicted molar refractivity (Wildman–Crippen MR) is 113 cm³/mol. The summed E-state index contributed by atoms with van der Waals surface area (Å²) < 4.78 is 12.5. The number of hydrogen-bond acceptors (Lipinski definition) is 6. The summed E-state index contributed by atoms with van der Waals surface area (Å²) in [6.07, 6.45) is 1.79. The van der Waals surface area contributed by atoms with Gasteiger partial charge in [0.15, 0.2) is 11.0 Å². The van der Waals surface area contributed by atoms with Crippen LogP contribution in [0.25, 0.3) is 0 Å². The molecule has 0 N–H and O–H groups in total. The fraction of sp³-hybridized carbons (Fsp3) is 0.190. The SMILES string of the molecule is C=CCn1c(COc2ccc(Cl)cc2)nnc1SCc1cccc(C(=O)OC)c1. The van der Waals surface area contributed by atoms with E-state index in [0.29, 0.717) is 34.5 Å². The van der Waals surface area contributed by atoms with Gasteiger partial charge in [-0.15, -0.1) is 16.8 Å². The van der Waals surface area contributed by atoms with Crippen LogP contribution in [-0.4, -0.2) is 27.8 Å². The maximum atomic E-state index is 11.7. The van der Waals surface area contributed by atoms with Gasteiger partial charge < -0.3 is 9.47 Å². The third-order valence-corrected chi connectivity index (χ3v) is 5.29. The average molecular weight is 430 g/mol. The van der Waals surface area contributed by atoms with Crippen molar-refractivity contribution in [3.05, 3.63) is 83.2 Å². The molecule has 0 aliphatic heterocycles. The van der Waals surface area contributed by atoms with E-state index in [-0.39, 0.29) is 12.6 Å². The molecular formula is C21H20ClN3O3S. The normalized spacial score (nSPS) is 10.6. The van der Waals surface area contributed by atoms with Crippen LogP contribution in [0.3, 0.4) is 0 Å². The van der Waals surface area contributed by atoms with Crippen LogP contribution < -0.4 is 4.74 Å². The van der Waals surface area contributed by atoms with Crippen molar-refractivity contribution in [2.45, 2.75) is 24.1 Å². The summed E-state index contributed by atoms with van der Waals surface area (Å²) >= 11 is 7.43. The number of ether oxygens (including phenoxy) is 2. The first-order valence-electron chi connectivity index (χ1n) is 8.82. The molecule has 0 amide bonds. The Morgan fingerprint density at radius 1 is 1.24 bits per heavy atom. The molecule has 29 heavy (non-hydrogen) atoms. The van der Waals surface area contributed by atoms with Crippen molar-refractivity contribution < 1.29 is 14.3 Å². The summed E-state index contributed by atoms with van der Waals surface area (Å²) in [5.74, 6) is 1.69. The Balaban J connectivity index is 1.69. The number of benzene rings is 2. The van der Waals surface area contributed by atoms with Crippen molar-refractivity contribution in [2.24, 2.45) is 0 Å². The lowest BCUT2D eigenvalue weighted by molar-refractivity contribution is 0.0600. The number of esters is 1. The van der Waals surface area contributed by atoms with E-state index in [9.17, 15) is 4.79 Å². The lowest BCUT2D eigenvalue weighted by atomic mass is 10.1. The van der Waals surface area contributed by atoms with E-state index >= 15 is 0 Å². The van der Waals surface area contributed by atoms with Crippen molar-refractivity contribution in [2.75, 3.05) is 7.11 Å². The van der Waals surface area contributed by atoms with E-state index in [1.165, 1.54) is 18.9 Å². The molecule has 1 aromatic heterocycles. The van der Waals surface area contributed by atoms with Crippen LogP contribution in [0.5, 0.6) is 5.75 Å². The molecule has 0 bridgehead atoms. The predicted octanol–water partition coefficient (Wildman–Crippen LogP) is 4.78. The molecule has 0 saturated heterocycles. The number of rotatable bonds is 9. The van der Waals surface area contributed by atoms with Gasteiger partial charge in [-0.2, -0.15) is 0 Å². The number of methoxy groups -OCH3 is 1. The fourth-order valence-corrected chi connectivity index (χ4v) is 3.61. The molecule has 0 aliphatic rings. The number of hydrogen-bond donors (Lipinski definition) is 0. The zero-order chi connectivity index (χ0) is 20.6. The second-order valence-electron chi connectivity index (χ2n) is 6.02. The summed E-state index contributed by atoms with van der Waals surface area (Å²) in [7, 11) is 1.37. The number of halogens is 1. The monoisotopic (exact) mass is 429 g/mol. The minimum absolute atomic E-state index is 0.279. The Labute approximate surface area is 178 Å². The molecule has 0 atom stereocenters. The number of allylic oxidation sites excluding steroid dienone is 1. The Kier molecular flexibility index (Phi) is 7.32. The molecule has 3 rings (SSSR count). The minimum atomic E-state index is -0.353. The van der Waals surface area contributed by atoms with Gasteiger partial charge in [0, 0.05) is 17.3 Å². The highest BCUT2D eigenvalue weighted by Crippen LogP contribution is 2.24. The van der Waals surface area contributed by atoms with Crippen molar-refractivity contribution in [1.82, 2.24) is 14.8 Å². The summed E-state index contributed by atoms with van der Waals surface area (Å²) in [6.45, 7) is 4.66. The zero-order valence-corrected chi connectivity index (χ0v) is 17.4. The van der Waals surface area contributed by atoms with Gasteiger partial charge in [-0.3, -0.25) is 4.57 Å². The van der Waals surface area contributed by atoms with Gasteiger partial charge in [-0.1, -0.05) is 41.6 Å². The first kappa shape index (κ1) is 21.0. The molecule has 0 fully saturated rings. The van der Waals surface area contributed by atoms with Gasteiger partial charge in [0.2, 0.25) is 0 Å². The van der Waals surface area contributed by atoms with Crippen LogP contribution in [0.4, 0.5) is 0 Å². The second kappa shape index (κ2) is 10.1. The molecule has 0 spiro atoms. The number of carbonyl (C=O) groups is 1. The highest BCUT2D eigenvalue weighted by molar-refractivity contribution is 7.98. The largest absolute Gasteiger partial charge is 0.486 e. The molecular weight excluding hydrogens is 410 g/mol. The summed E-state index contributed by atoms with van der Waals surface area (Å²) in [5, 5.41) is 9.95. The van der Waals surface area contributed by atoms with Crippen molar-refractivity contribution in [1.29, 1.82) is 0 Å². The third kappa shape index (κ3) is 5.62. The Morgan fingerprint density at radius 2 is 2.03 bits per heavy atom. The highest BCUT2D eigenvalue weighted by Gasteiger charge is 2.13. The van der Waals surface area contributed by atoms with E-state index < -0.39 is 0 Å². The molecule has 0 saturated carbocycles. The second-order valence-corrected chi connectivity index (χ2v) is 7.40. The van der Waals surface area contributed by atoms with Crippen LogP contribution in [0.15, 0.2) is 66.3 Å². The Morgan fingerprint density at radius 3 is 2.76 bits per heavy atom. The minimum Gasteiger partial charge on any atom is -0.486 e. The maximum Gasteiger partial charge on any atom is 0.337 e. The van der Waals surface area contributed by atoms with Crippen LogP contribution in [0, 0.1) is 0 Å². The summed E-state index contributed by atoms with van der Waals surface area (Å²) in [6, 6.07) is 14.5. The van der Waals surface area contributed by atoms with E-state index in [2.05, 4.69) is 16.8 Å². The van der Waals surface area contributed by atoms with Crippen LogP contribution >= 0.6 is 23.4 Å².